The predicted molar refractivity (Wildman–Crippen MR) is 138 cm³/mol. The van der Waals surface area contributed by atoms with Crippen molar-refractivity contribution >= 4 is 40.3 Å². The van der Waals surface area contributed by atoms with Gasteiger partial charge in [-0.2, -0.15) is 0 Å². The summed E-state index contributed by atoms with van der Waals surface area (Å²) in [5.74, 6) is 0.152. The van der Waals surface area contributed by atoms with E-state index in [-0.39, 0.29) is 65.7 Å². The number of rotatable bonds is 10. The summed E-state index contributed by atoms with van der Waals surface area (Å²) in [6.07, 6.45) is 0. The number of aromatic hydroxyl groups is 1. The standard InChI is InChI=1S/C25H30N4O5.BrH/c1-5-34-22-8-18-12-29(24(26)19(18)9-20(22)25(33)27-4)13-21(31)16-6-14(2)23(32)17(7-16)11-28-10-15(3)30;/h6-9,26,28,32H,5,10-13H2,1-4H3,(H,27,33);1H. The lowest BCUT2D eigenvalue weighted by Gasteiger charge is -2.18. The molecule has 188 valence electrons. The summed E-state index contributed by atoms with van der Waals surface area (Å²) in [4.78, 5) is 38.2. The monoisotopic (exact) mass is 546 g/mol. The summed E-state index contributed by atoms with van der Waals surface area (Å²) in [6, 6.07) is 6.62. The fraction of sp³-hybridized carbons (Fsp3) is 0.360. The van der Waals surface area contributed by atoms with Crippen LogP contribution in [0.25, 0.3) is 0 Å². The summed E-state index contributed by atoms with van der Waals surface area (Å²) >= 11 is 0. The van der Waals surface area contributed by atoms with Crippen LogP contribution in [0.3, 0.4) is 0 Å². The lowest BCUT2D eigenvalue weighted by atomic mass is 10.0. The first-order chi connectivity index (χ1) is 16.2. The highest BCUT2D eigenvalue weighted by atomic mass is 79.9. The minimum atomic E-state index is -0.306. The highest BCUT2D eigenvalue weighted by Crippen LogP contribution is 2.31. The minimum absolute atomic E-state index is 0. The molecule has 1 amide bonds. The van der Waals surface area contributed by atoms with E-state index in [1.807, 2.05) is 6.92 Å². The summed E-state index contributed by atoms with van der Waals surface area (Å²) in [6.45, 7) is 6.14. The maximum atomic E-state index is 13.1. The van der Waals surface area contributed by atoms with Gasteiger partial charge >= 0.3 is 0 Å². The van der Waals surface area contributed by atoms with Gasteiger partial charge in [0.05, 0.1) is 25.3 Å². The van der Waals surface area contributed by atoms with Crippen molar-refractivity contribution in [1.29, 1.82) is 5.41 Å². The van der Waals surface area contributed by atoms with Gasteiger partial charge in [0.15, 0.2) is 5.78 Å². The first kappa shape index (κ1) is 28.0. The molecule has 0 aliphatic carbocycles. The number of ether oxygens (including phenoxy) is 1. The maximum absolute atomic E-state index is 13.1. The van der Waals surface area contributed by atoms with E-state index in [0.717, 1.165) is 5.56 Å². The molecule has 0 saturated carbocycles. The number of halogens is 1. The molecule has 0 bridgehead atoms. The molecule has 0 fully saturated rings. The number of carbonyl (C=O) groups is 3. The Morgan fingerprint density at radius 2 is 1.91 bits per heavy atom. The van der Waals surface area contributed by atoms with Gasteiger partial charge < -0.3 is 25.4 Å². The summed E-state index contributed by atoms with van der Waals surface area (Å²) in [5, 5.41) is 24.5. The quantitative estimate of drug-likeness (QED) is 0.337. The number of nitrogens with zero attached hydrogens (tertiary/aromatic N) is 1. The number of amides is 1. The van der Waals surface area contributed by atoms with Gasteiger partial charge in [-0.15, -0.1) is 17.0 Å². The van der Waals surface area contributed by atoms with Crippen LogP contribution < -0.4 is 15.4 Å². The van der Waals surface area contributed by atoms with Gasteiger partial charge in [-0.25, -0.2) is 0 Å². The third-order valence-electron chi connectivity index (χ3n) is 5.63. The van der Waals surface area contributed by atoms with Crippen LogP contribution in [0.5, 0.6) is 11.5 Å². The maximum Gasteiger partial charge on any atom is 0.254 e. The Morgan fingerprint density at radius 1 is 1.20 bits per heavy atom. The number of amidine groups is 1. The topological polar surface area (TPSA) is 132 Å². The first-order valence-electron chi connectivity index (χ1n) is 11.1. The number of fused-ring (bicyclic) bond motifs is 1. The van der Waals surface area contributed by atoms with E-state index >= 15 is 0 Å². The summed E-state index contributed by atoms with van der Waals surface area (Å²) < 4.78 is 5.62. The number of phenols is 1. The Bertz CT molecular complexity index is 1170. The molecule has 0 unspecified atom stereocenters. The van der Waals surface area contributed by atoms with Crippen LogP contribution in [0.4, 0.5) is 0 Å². The van der Waals surface area contributed by atoms with E-state index < -0.39 is 0 Å². The van der Waals surface area contributed by atoms with E-state index in [1.54, 1.807) is 36.1 Å². The molecule has 0 spiro atoms. The predicted octanol–water partition coefficient (Wildman–Crippen LogP) is 2.74. The molecule has 1 heterocycles. The van der Waals surface area contributed by atoms with Crippen LogP contribution in [0, 0.1) is 12.3 Å². The van der Waals surface area contributed by atoms with Crippen LogP contribution in [0.15, 0.2) is 24.3 Å². The number of nitrogens with one attached hydrogen (secondary N) is 3. The van der Waals surface area contributed by atoms with Gasteiger partial charge in [0, 0.05) is 36.8 Å². The van der Waals surface area contributed by atoms with Gasteiger partial charge in [0.1, 0.15) is 23.1 Å². The number of hydrogen-bond donors (Lipinski definition) is 4. The van der Waals surface area contributed by atoms with Crippen LogP contribution in [0.1, 0.15) is 56.8 Å². The SMILES string of the molecule is Br.CCOc1cc2c(cc1C(=O)NC)C(=N)N(CC(=O)c1cc(C)c(O)c(CNCC(C)=O)c1)C2. The van der Waals surface area contributed by atoms with E-state index in [0.29, 0.717) is 46.7 Å². The van der Waals surface area contributed by atoms with E-state index in [2.05, 4.69) is 10.6 Å². The lowest BCUT2D eigenvalue weighted by molar-refractivity contribution is -0.116. The number of aryl methyl sites for hydroxylation is 1. The molecule has 3 rings (SSSR count). The third-order valence-corrected chi connectivity index (χ3v) is 5.63. The Morgan fingerprint density at radius 3 is 2.54 bits per heavy atom. The largest absolute Gasteiger partial charge is 0.507 e. The number of Topliss-reactive ketones (excluding diaryl/α,β-unsaturated/α-hetero) is 2. The zero-order valence-corrected chi connectivity index (χ0v) is 22.0. The molecule has 35 heavy (non-hydrogen) atoms. The van der Waals surface area contributed by atoms with Crippen LogP contribution in [0.2, 0.25) is 0 Å². The van der Waals surface area contributed by atoms with Gasteiger partial charge in [0.25, 0.3) is 5.91 Å². The molecule has 2 aromatic rings. The summed E-state index contributed by atoms with van der Waals surface area (Å²) in [5.41, 5.74) is 3.25. The van der Waals surface area contributed by atoms with E-state index in [1.165, 1.54) is 14.0 Å². The molecule has 1 aliphatic heterocycles. The second-order valence-electron chi connectivity index (χ2n) is 8.25. The molecule has 0 aromatic heterocycles. The fourth-order valence-corrected chi connectivity index (χ4v) is 3.94. The molecule has 9 nitrogen and oxygen atoms in total. The second-order valence-corrected chi connectivity index (χ2v) is 8.25. The smallest absolute Gasteiger partial charge is 0.254 e. The van der Waals surface area contributed by atoms with Crippen molar-refractivity contribution < 1.29 is 24.2 Å². The van der Waals surface area contributed by atoms with E-state index in [9.17, 15) is 19.5 Å². The van der Waals surface area contributed by atoms with Gasteiger partial charge in [-0.1, -0.05) is 0 Å². The van der Waals surface area contributed by atoms with E-state index in [4.69, 9.17) is 10.1 Å². The second kappa shape index (κ2) is 11.9. The number of benzene rings is 2. The van der Waals surface area contributed by atoms with Crippen molar-refractivity contribution in [2.45, 2.75) is 33.9 Å². The number of hydrogen-bond acceptors (Lipinski definition) is 7. The molecule has 4 N–H and O–H groups in total. The zero-order valence-electron chi connectivity index (χ0n) is 20.3. The zero-order chi connectivity index (χ0) is 25.0. The molecule has 2 aromatic carbocycles. The Hall–Kier alpha value is -3.24. The molecule has 10 heteroatoms. The number of phenolic OH excluding ortho intramolecular Hbond substituents is 1. The van der Waals surface area contributed by atoms with Gasteiger partial charge in [0.2, 0.25) is 0 Å². The molecule has 0 saturated heterocycles. The average molecular weight is 547 g/mol. The molecule has 0 atom stereocenters. The summed E-state index contributed by atoms with van der Waals surface area (Å²) in [7, 11) is 1.53. The number of carbonyl (C=O) groups excluding carboxylic acids is 3. The average Bonchev–Trinajstić information content (AvgIpc) is 3.09. The third kappa shape index (κ3) is 6.26. The molecule has 1 aliphatic rings. The molecule has 0 radical (unpaired) electrons. The lowest BCUT2D eigenvalue weighted by Crippen LogP contribution is -2.30. The Kier molecular flexibility index (Phi) is 9.55. The van der Waals surface area contributed by atoms with Crippen molar-refractivity contribution in [3.8, 4) is 11.5 Å². The van der Waals surface area contributed by atoms with Crippen molar-refractivity contribution in [1.82, 2.24) is 15.5 Å². The van der Waals surface area contributed by atoms with Crippen molar-refractivity contribution in [3.05, 3.63) is 57.6 Å². The Labute approximate surface area is 215 Å². The van der Waals surface area contributed by atoms with Crippen LogP contribution in [-0.2, 0) is 17.9 Å². The molecular weight excluding hydrogens is 516 g/mol. The fourth-order valence-electron chi connectivity index (χ4n) is 3.94. The highest BCUT2D eigenvalue weighted by Gasteiger charge is 2.29. The van der Waals surface area contributed by atoms with Crippen LogP contribution >= 0.6 is 17.0 Å². The van der Waals surface area contributed by atoms with Crippen molar-refractivity contribution in [2.24, 2.45) is 0 Å². The van der Waals surface area contributed by atoms with Gasteiger partial charge in [-0.3, -0.25) is 19.8 Å². The number of ketones is 2. The first-order valence-corrected chi connectivity index (χ1v) is 11.1. The minimum Gasteiger partial charge on any atom is -0.507 e. The van der Waals surface area contributed by atoms with Gasteiger partial charge in [-0.05, 0) is 56.2 Å². The molecular formula is C25H31BrN4O5. The van der Waals surface area contributed by atoms with Crippen LogP contribution in [-0.4, -0.2) is 60.1 Å². The highest BCUT2D eigenvalue weighted by molar-refractivity contribution is 8.93. The Balaban J connectivity index is 0.00000432. The van der Waals surface area contributed by atoms with Crippen molar-refractivity contribution in [3.63, 3.8) is 0 Å². The van der Waals surface area contributed by atoms with Crippen molar-refractivity contribution in [2.75, 3.05) is 26.7 Å². The normalized spacial score (nSPS) is 12.1.